The number of hydrogen-bond donors (Lipinski definition) is 0. The second kappa shape index (κ2) is 8.13. The number of carbonyl (C=O) groups excluding carboxylic acids is 1. The SMILES string of the molecule is COc1ccc(CN2C(=O)c3ccccc3/C2=C\c2cc(OC)ccc2Br)cc1. The molecule has 5 heteroatoms. The topological polar surface area (TPSA) is 38.8 Å². The number of fused-ring (bicyclic) bond motifs is 1. The summed E-state index contributed by atoms with van der Waals surface area (Å²) >= 11 is 3.61. The van der Waals surface area contributed by atoms with E-state index in [1.165, 1.54) is 0 Å². The van der Waals surface area contributed by atoms with Gasteiger partial charge in [0.05, 0.1) is 26.5 Å². The van der Waals surface area contributed by atoms with E-state index in [9.17, 15) is 4.79 Å². The van der Waals surface area contributed by atoms with E-state index in [0.29, 0.717) is 12.1 Å². The highest BCUT2D eigenvalue weighted by molar-refractivity contribution is 9.10. The monoisotopic (exact) mass is 449 g/mol. The van der Waals surface area contributed by atoms with Crippen molar-refractivity contribution >= 4 is 33.6 Å². The molecule has 1 aliphatic heterocycles. The molecule has 3 aromatic carbocycles. The summed E-state index contributed by atoms with van der Waals surface area (Å²) in [5.74, 6) is 1.56. The molecule has 3 aromatic rings. The first kappa shape index (κ1) is 19.3. The Balaban J connectivity index is 1.78. The van der Waals surface area contributed by atoms with E-state index >= 15 is 0 Å². The van der Waals surface area contributed by atoms with Crippen LogP contribution in [0.5, 0.6) is 11.5 Å². The second-order valence-corrected chi connectivity index (χ2v) is 7.56. The molecule has 0 saturated heterocycles. The third-order valence-corrected chi connectivity index (χ3v) is 5.69. The van der Waals surface area contributed by atoms with Gasteiger partial charge >= 0.3 is 0 Å². The molecule has 0 fully saturated rings. The summed E-state index contributed by atoms with van der Waals surface area (Å²) in [6.07, 6.45) is 2.03. The molecule has 0 atom stereocenters. The van der Waals surface area contributed by atoms with Gasteiger partial charge in [-0.15, -0.1) is 0 Å². The minimum atomic E-state index is 0.00156. The summed E-state index contributed by atoms with van der Waals surface area (Å²) in [6, 6.07) is 21.3. The van der Waals surface area contributed by atoms with Gasteiger partial charge in [-0.05, 0) is 53.6 Å². The van der Waals surface area contributed by atoms with E-state index in [-0.39, 0.29) is 5.91 Å². The molecule has 29 heavy (non-hydrogen) atoms. The molecular formula is C24H20BrNO3. The molecule has 1 heterocycles. The average molecular weight is 450 g/mol. The lowest BCUT2D eigenvalue weighted by atomic mass is 10.1. The summed E-state index contributed by atoms with van der Waals surface area (Å²) < 4.78 is 11.5. The van der Waals surface area contributed by atoms with E-state index < -0.39 is 0 Å². The van der Waals surface area contributed by atoms with E-state index in [0.717, 1.165) is 38.4 Å². The van der Waals surface area contributed by atoms with Crippen LogP contribution in [0.1, 0.15) is 27.0 Å². The molecule has 0 spiro atoms. The van der Waals surface area contributed by atoms with Gasteiger partial charge < -0.3 is 14.4 Å². The highest BCUT2D eigenvalue weighted by Gasteiger charge is 2.32. The summed E-state index contributed by atoms with van der Waals surface area (Å²) in [4.78, 5) is 15.0. The minimum Gasteiger partial charge on any atom is -0.497 e. The van der Waals surface area contributed by atoms with Crippen molar-refractivity contribution in [1.29, 1.82) is 0 Å². The van der Waals surface area contributed by atoms with E-state index in [1.54, 1.807) is 14.2 Å². The molecule has 0 aliphatic carbocycles. The number of halogens is 1. The molecule has 0 bridgehead atoms. The van der Waals surface area contributed by atoms with Crippen molar-refractivity contribution in [3.05, 3.63) is 93.5 Å². The van der Waals surface area contributed by atoms with Crippen LogP contribution in [0.2, 0.25) is 0 Å². The molecule has 1 amide bonds. The first-order chi connectivity index (χ1) is 14.1. The van der Waals surface area contributed by atoms with Gasteiger partial charge in [-0.25, -0.2) is 0 Å². The fraction of sp³-hybridized carbons (Fsp3) is 0.125. The zero-order valence-electron chi connectivity index (χ0n) is 16.2. The molecule has 0 aromatic heterocycles. The molecule has 0 N–H and O–H groups in total. The van der Waals surface area contributed by atoms with Crippen LogP contribution in [-0.2, 0) is 6.54 Å². The molecule has 0 radical (unpaired) electrons. The lowest BCUT2D eigenvalue weighted by Crippen LogP contribution is -2.22. The molecular weight excluding hydrogens is 430 g/mol. The minimum absolute atomic E-state index is 0.00156. The number of ether oxygens (including phenoxy) is 2. The van der Waals surface area contributed by atoms with Crippen LogP contribution in [-0.4, -0.2) is 25.0 Å². The molecule has 0 saturated carbocycles. The zero-order valence-corrected chi connectivity index (χ0v) is 17.8. The third kappa shape index (κ3) is 3.78. The van der Waals surface area contributed by atoms with Crippen molar-refractivity contribution in [2.45, 2.75) is 6.54 Å². The maximum absolute atomic E-state index is 13.2. The van der Waals surface area contributed by atoms with Crippen molar-refractivity contribution < 1.29 is 14.3 Å². The van der Waals surface area contributed by atoms with Crippen molar-refractivity contribution in [2.75, 3.05) is 14.2 Å². The third-order valence-electron chi connectivity index (χ3n) is 4.96. The van der Waals surface area contributed by atoms with Gasteiger partial charge in [0, 0.05) is 15.6 Å². The van der Waals surface area contributed by atoms with Crippen LogP contribution in [0.4, 0.5) is 0 Å². The Morgan fingerprint density at radius 2 is 1.55 bits per heavy atom. The van der Waals surface area contributed by atoms with Gasteiger partial charge in [0.2, 0.25) is 0 Å². The number of hydrogen-bond acceptors (Lipinski definition) is 3. The number of nitrogens with zero attached hydrogens (tertiary/aromatic N) is 1. The molecule has 1 aliphatic rings. The van der Waals surface area contributed by atoms with Crippen molar-refractivity contribution in [3.8, 4) is 11.5 Å². The highest BCUT2D eigenvalue weighted by atomic mass is 79.9. The lowest BCUT2D eigenvalue weighted by molar-refractivity contribution is 0.0843. The smallest absolute Gasteiger partial charge is 0.259 e. The maximum Gasteiger partial charge on any atom is 0.259 e. The van der Waals surface area contributed by atoms with E-state index in [4.69, 9.17) is 9.47 Å². The Labute approximate surface area is 178 Å². The largest absolute Gasteiger partial charge is 0.497 e. The van der Waals surface area contributed by atoms with Crippen LogP contribution >= 0.6 is 15.9 Å². The second-order valence-electron chi connectivity index (χ2n) is 6.70. The zero-order chi connectivity index (χ0) is 20.4. The summed E-state index contributed by atoms with van der Waals surface area (Å²) in [5.41, 5.74) is 4.49. The van der Waals surface area contributed by atoms with Gasteiger partial charge in [0.15, 0.2) is 0 Å². The van der Waals surface area contributed by atoms with Crippen molar-refractivity contribution in [3.63, 3.8) is 0 Å². The molecule has 4 nitrogen and oxygen atoms in total. The van der Waals surface area contributed by atoms with Gasteiger partial charge in [0.1, 0.15) is 11.5 Å². The first-order valence-electron chi connectivity index (χ1n) is 9.20. The van der Waals surface area contributed by atoms with E-state index in [2.05, 4.69) is 15.9 Å². The number of carbonyl (C=O) groups is 1. The van der Waals surface area contributed by atoms with Crippen LogP contribution in [0.25, 0.3) is 11.8 Å². The summed E-state index contributed by atoms with van der Waals surface area (Å²) in [7, 11) is 3.28. The van der Waals surface area contributed by atoms with Crippen molar-refractivity contribution in [2.24, 2.45) is 0 Å². The molecule has 146 valence electrons. The predicted octanol–water partition coefficient (Wildman–Crippen LogP) is 5.62. The Morgan fingerprint density at radius 1 is 0.897 bits per heavy atom. The number of amides is 1. The van der Waals surface area contributed by atoms with Crippen molar-refractivity contribution in [1.82, 2.24) is 4.90 Å². The van der Waals surface area contributed by atoms with Crippen LogP contribution in [0, 0.1) is 0 Å². The van der Waals surface area contributed by atoms with Gasteiger partial charge in [-0.1, -0.05) is 46.3 Å². The average Bonchev–Trinajstić information content (AvgIpc) is 3.02. The van der Waals surface area contributed by atoms with Gasteiger partial charge in [-0.3, -0.25) is 4.79 Å². The predicted molar refractivity (Wildman–Crippen MR) is 118 cm³/mol. The van der Waals surface area contributed by atoms with Gasteiger partial charge in [0.25, 0.3) is 5.91 Å². The normalized spacial score (nSPS) is 14.2. The Hall–Kier alpha value is -3.05. The summed E-state index contributed by atoms with van der Waals surface area (Å²) in [6.45, 7) is 0.477. The number of rotatable bonds is 5. The Morgan fingerprint density at radius 3 is 2.24 bits per heavy atom. The standard InChI is InChI=1S/C24H20BrNO3/c1-28-18-9-7-16(8-10-18)15-26-23(20-5-3-4-6-21(20)24(26)27)14-17-13-19(29-2)11-12-22(17)25/h3-14H,15H2,1-2H3/b23-14+. The fourth-order valence-electron chi connectivity index (χ4n) is 3.43. The number of benzene rings is 3. The van der Waals surface area contributed by atoms with Crippen LogP contribution in [0.3, 0.4) is 0 Å². The fourth-order valence-corrected chi connectivity index (χ4v) is 3.79. The maximum atomic E-state index is 13.2. The Kier molecular flexibility index (Phi) is 5.41. The quantitative estimate of drug-likeness (QED) is 0.507. The van der Waals surface area contributed by atoms with Crippen LogP contribution in [0.15, 0.2) is 71.2 Å². The van der Waals surface area contributed by atoms with Crippen LogP contribution < -0.4 is 9.47 Å². The van der Waals surface area contributed by atoms with E-state index in [1.807, 2.05) is 77.7 Å². The highest BCUT2D eigenvalue weighted by Crippen LogP contribution is 2.37. The summed E-state index contributed by atoms with van der Waals surface area (Å²) in [5, 5.41) is 0. The molecule has 4 rings (SSSR count). The first-order valence-corrected chi connectivity index (χ1v) is 9.99. The number of methoxy groups -OCH3 is 2. The Bertz CT molecular complexity index is 1090. The molecule has 0 unspecified atom stereocenters. The van der Waals surface area contributed by atoms with Gasteiger partial charge in [-0.2, -0.15) is 0 Å². The lowest BCUT2D eigenvalue weighted by Gasteiger charge is -2.19.